The summed E-state index contributed by atoms with van der Waals surface area (Å²) in [6.07, 6.45) is 3.13. The van der Waals surface area contributed by atoms with Crippen LogP contribution in [0, 0.1) is 0 Å². The van der Waals surface area contributed by atoms with Crippen LogP contribution in [0.3, 0.4) is 0 Å². The summed E-state index contributed by atoms with van der Waals surface area (Å²) in [7, 11) is 3.89. The van der Waals surface area contributed by atoms with Crippen LogP contribution in [-0.2, 0) is 6.54 Å². The summed E-state index contributed by atoms with van der Waals surface area (Å²) in [6, 6.07) is 9.22. The lowest BCUT2D eigenvalue weighted by atomic mass is 10.1. The molecular formula is C20H22ClN5O2. The van der Waals surface area contributed by atoms with Gasteiger partial charge in [0.05, 0.1) is 5.02 Å². The number of anilines is 1. The first-order valence-electron chi connectivity index (χ1n) is 8.78. The number of amides is 1. The molecule has 3 N–H and O–H groups in total. The van der Waals surface area contributed by atoms with Crippen LogP contribution in [-0.4, -0.2) is 48.0 Å². The zero-order valence-corrected chi connectivity index (χ0v) is 16.5. The van der Waals surface area contributed by atoms with E-state index in [2.05, 4.69) is 15.3 Å². The van der Waals surface area contributed by atoms with Crippen molar-refractivity contribution < 1.29 is 9.53 Å². The van der Waals surface area contributed by atoms with Gasteiger partial charge >= 0.3 is 0 Å². The van der Waals surface area contributed by atoms with Gasteiger partial charge in [-0.1, -0.05) is 23.7 Å². The lowest BCUT2D eigenvalue weighted by Crippen LogP contribution is -2.25. The van der Waals surface area contributed by atoms with Crippen LogP contribution >= 0.6 is 11.6 Å². The van der Waals surface area contributed by atoms with Gasteiger partial charge in [0.25, 0.3) is 5.91 Å². The van der Waals surface area contributed by atoms with Crippen LogP contribution in [0.5, 0.6) is 5.88 Å². The highest BCUT2D eigenvalue weighted by Gasteiger charge is 2.15. The van der Waals surface area contributed by atoms with Crippen molar-refractivity contribution in [1.82, 2.24) is 20.2 Å². The Morgan fingerprint density at radius 3 is 2.86 bits per heavy atom. The predicted molar refractivity (Wildman–Crippen MR) is 111 cm³/mol. The number of aromatic nitrogens is 2. The number of hydrogen-bond acceptors (Lipinski definition) is 6. The van der Waals surface area contributed by atoms with Crippen molar-refractivity contribution in [3.63, 3.8) is 0 Å². The molecular weight excluding hydrogens is 378 g/mol. The van der Waals surface area contributed by atoms with Crippen molar-refractivity contribution in [2.24, 2.45) is 0 Å². The highest BCUT2D eigenvalue weighted by atomic mass is 35.5. The molecule has 0 atom stereocenters. The molecule has 0 unspecified atom stereocenters. The number of benzene rings is 1. The average molecular weight is 400 g/mol. The first-order valence-corrected chi connectivity index (χ1v) is 9.16. The number of nitrogen functional groups attached to an aromatic ring is 1. The van der Waals surface area contributed by atoms with E-state index in [0.717, 1.165) is 16.3 Å². The smallest absolute Gasteiger partial charge is 0.257 e. The number of nitrogens with one attached hydrogen (secondary N) is 1. The molecule has 1 amide bonds. The van der Waals surface area contributed by atoms with Crippen molar-refractivity contribution in [2.45, 2.75) is 6.54 Å². The minimum Gasteiger partial charge on any atom is -0.476 e. The van der Waals surface area contributed by atoms with Crippen LogP contribution in [0.2, 0.25) is 5.02 Å². The lowest BCUT2D eigenvalue weighted by molar-refractivity contribution is 0.0945. The number of pyridine rings is 2. The Kier molecular flexibility index (Phi) is 6.28. The Bertz CT molecular complexity index is 993. The van der Waals surface area contributed by atoms with Gasteiger partial charge in [-0.15, -0.1) is 0 Å². The highest BCUT2D eigenvalue weighted by molar-refractivity contribution is 6.30. The average Bonchev–Trinajstić information content (AvgIpc) is 2.67. The number of ether oxygens (including phenoxy) is 1. The molecule has 0 aliphatic rings. The third kappa shape index (κ3) is 4.88. The highest BCUT2D eigenvalue weighted by Crippen LogP contribution is 2.21. The summed E-state index contributed by atoms with van der Waals surface area (Å²) in [6.45, 7) is 1.48. The fourth-order valence-corrected chi connectivity index (χ4v) is 2.83. The van der Waals surface area contributed by atoms with Crippen molar-refractivity contribution in [3.8, 4) is 5.88 Å². The number of halogens is 1. The minimum absolute atomic E-state index is 0.265. The third-order valence-corrected chi connectivity index (χ3v) is 4.36. The second-order valence-electron chi connectivity index (χ2n) is 6.59. The lowest BCUT2D eigenvalue weighted by Gasteiger charge is -2.13. The Hall–Kier alpha value is -2.90. The third-order valence-electron chi connectivity index (χ3n) is 4.15. The summed E-state index contributed by atoms with van der Waals surface area (Å²) in [5.41, 5.74) is 7.12. The molecule has 146 valence electrons. The Morgan fingerprint density at radius 1 is 1.25 bits per heavy atom. The van der Waals surface area contributed by atoms with Gasteiger partial charge in [-0.05, 0) is 43.2 Å². The van der Waals surface area contributed by atoms with Crippen LogP contribution in [0.25, 0.3) is 10.8 Å². The van der Waals surface area contributed by atoms with Gasteiger partial charge in [0.1, 0.15) is 18.0 Å². The van der Waals surface area contributed by atoms with Crippen LogP contribution < -0.4 is 15.8 Å². The molecule has 8 heteroatoms. The topological polar surface area (TPSA) is 93.4 Å². The first kappa shape index (κ1) is 19.9. The number of rotatable bonds is 7. The van der Waals surface area contributed by atoms with E-state index in [1.54, 1.807) is 12.3 Å². The zero-order chi connectivity index (χ0) is 20.1. The molecule has 0 saturated carbocycles. The van der Waals surface area contributed by atoms with Crippen LogP contribution in [0.15, 0.2) is 42.7 Å². The maximum absolute atomic E-state index is 12.7. The van der Waals surface area contributed by atoms with Gasteiger partial charge in [0.2, 0.25) is 5.88 Å². The number of carbonyl (C=O) groups excluding carboxylic acids is 1. The quantitative estimate of drug-likeness (QED) is 0.634. The Labute approximate surface area is 168 Å². The maximum Gasteiger partial charge on any atom is 0.257 e. The number of nitrogens with zero attached hydrogens (tertiary/aromatic N) is 3. The Balaban J connectivity index is 1.71. The summed E-state index contributed by atoms with van der Waals surface area (Å²) in [5.74, 6) is 0.447. The van der Waals surface area contributed by atoms with Crippen LogP contribution in [0.1, 0.15) is 15.9 Å². The maximum atomic E-state index is 12.7. The van der Waals surface area contributed by atoms with E-state index in [0.29, 0.717) is 36.1 Å². The van der Waals surface area contributed by atoms with Gasteiger partial charge in [0.15, 0.2) is 0 Å². The normalized spacial score (nSPS) is 11.0. The Morgan fingerprint density at radius 2 is 2.07 bits per heavy atom. The number of fused-ring (bicyclic) bond motifs is 1. The minimum atomic E-state index is -0.302. The van der Waals surface area contributed by atoms with Crippen molar-refractivity contribution in [1.29, 1.82) is 0 Å². The summed E-state index contributed by atoms with van der Waals surface area (Å²) >= 11 is 6.02. The molecule has 3 aromatic rings. The summed E-state index contributed by atoms with van der Waals surface area (Å²) in [4.78, 5) is 22.9. The molecule has 0 aliphatic heterocycles. The molecule has 0 saturated heterocycles. The monoisotopic (exact) mass is 399 g/mol. The summed E-state index contributed by atoms with van der Waals surface area (Å²) in [5, 5.41) is 5.11. The largest absolute Gasteiger partial charge is 0.476 e. The van der Waals surface area contributed by atoms with Crippen LogP contribution in [0.4, 0.5) is 5.82 Å². The van der Waals surface area contributed by atoms with E-state index in [4.69, 9.17) is 22.1 Å². The number of likely N-dealkylation sites (N-methyl/N-ethyl adjacent to an activating group) is 1. The van der Waals surface area contributed by atoms with Gasteiger partial charge in [0, 0.05) is 30.9 Å². The molecule has 7 nitrogen and oxygen atoms in total. The van der Waals surface area contributed by atoms with Gasteiger partial charge in [-0.3, -0.25) is 4.79 Å². The molecule has 28 heavy (non-hydrogen) atoms. The first-order chi connectivity index (χ1) is 13.4. The van der Waals surface area contributed by atoms with Crippen molar-refractivity contribution >= 4 is 34.1 Å². The van der Waals surface area contributed by atoms with Gasteiger partial charge in [-0.2, -0.15) is 0 Å². The van der Waals surface area contributed by atoms with E-state index in [9.17, 15) is 4.79 Å². The fraction of sp³-hybridized carbons (Fsp3) is 0.250. The second-order valence-corrected chi connectivity index (χ2v) is 7.03. The molecule has 0 bridgehead atoms. The molecule has 0 spiro atoms. The standard InChI is InChI=1S/C20H22ClN5O2/c1-26(2)7-8-28-20-17(10-15(21)12-25-20)19(27)24-11-13-3-4-16-14(9-13)5-6-23-18(16)22/h3-6,9-10,12H,7-8,11H2,1-2H3,(H2,22,23)(H,24,27). The fourth-order valence-electron chi connectivity index (χ4n) is 2.67. The number of nitrogens with two attached hydrogens (primary N) is 1. The molecule has 3 rings (SSSR count). The van der Waals surface area contributed by atoms with E-state index in [1.807, 2.05) is 43.3 Å². The summed E-state index contributed by atoms with van der Waals surface area (Å²) < 4.78 is 5.65. The van der Waals surface area contributed by atoms with Crippen molar-refractivity contribution in [3.05, 3.63) is 58.9 Å². The molecule has 0 radical (unpaired) electrons. The van der Waals surface area contributed by atoms with Gasteiger partial charge < -0.3 is 20.7 Å². The van der Waals surface area contributed by atoms with Crippen molar-refractivity contribution in [2.75, 3.05) is 33.0 Å². The van der Waals surface area contributed by atoms with E-state index < -0.39 is 0 Å². The molecule has 0 fully saturated rings. The van der Waals surface area contributed by atoms with Gasteiger partial charge in [-0.25, -0.2) is 9.97 Å². The van der Waals surface area contributed by atoms with E-state index in [1.165, 1.54) is 6.20 Å². The number of carbonyl (C=O) groups is 1. The molecule has 1 aromatic carbocycles. The zero-order valence-electron chi connectivity index (χ0n) is 15.8. The SMILES string of the molecule is CN(C)CCOc1ncc(Cl)cc1C(=O)NCc1ccc2c(N)nccc2c1. The van der Waals surface area contributed by atoms with E-state index in [-0.39, 0.29) is 11.8 Å². The van der Waals surface area contributed by atoms with E-state index >= 15 is 0 Å². The molecule has 0 aliphatic carbocycles. The molecule has 2 aromatic heterocycles. The second kappa shape index (κ2) is 8.86. The number of hydrogen-bond donors (Lipinski definition) is 2. The predicted octanol–water partition coefficient (Wildman–Crippen LogP) is 2.74. The molecule has 2 heterocycles.